The average Bonchev–Trinajstić information content (AvgIpc) is 2.21. The van der Waals surface area contributed by atoms with Crippen molar-refractivity contribution in [1.29, 1.82) is 0 Å². The standard InChI is InChI=1S/C10H16N2O2/c1-12(10(7-13)8-14)6-9-4-2-3-5-11-9/h2-5,10,13-14H,6-8H2,1H3. The molecule has 1 aromatic rings. The van der Waals surface area contributed by atoms with Gasteiger partial charge in [-0.1, -0.05) is 6.07 Å². The number of hydrogen-bond donors (Lipinski definition) is 2. The van der Waals surface area contributed by atoms with E-state index < -0.39 is 0 Å². The molecule has 0 fully saturated rings. The Hall–Kier alpha value is -0.970. The largest absolute Gasteiger partial charge is 0.395 e. The molecular formula is C10H16N2O2. The van der Waals surface area contributed by atoms with Gasteiger partial charge >= 0.3 is 0 Å². The zero-order chi connectivity index (χ0) is 10.4. The third-order valence-corrected chi connectivity index (χ3v) is 2.18. The minimum Gasteiger partial charge on any atom is -0.395 e. The molecule has 4 heteroatoms. The zero-order valence-electron chi connectivity index (χ0n) is 8.30. The van der Waals surface area contributed by atoms with E-state index in [9.17, 15) is 0 Å². The van der Waals surface area contributed by atoms with Crippen molar-refractivity contribution in [2.24, 2.45) is 0 Å². The van der Waals surface area contributed by atoms with Crippen LogP contribution in [0.2, 0.25) is 0 Å². The third kappa shape index (κ3) is 3.06. The van der Waals surface area contributed by atoms with Crippen molar-refractivity contribution in [1.82, 2.24) is 9.88 Å². The topological polar surface area (TPSA) is 56.6 Å². The number of rotatable bonds is 5. The summed E-state index contributed by atoms with van der Waals surface area (Å²) in [5, 5.41) is 17.9. The summed E-state index contributed by atoms with van der Waals surface area (Å²) in [4.78, 5) is 6.04. The van der Waals surface area contributed by atoms with Crippen LogP contribution in [-0.2, 0) is 6.54 Å². The van der Waals surface area contributed by atoms with Gasteiger partial charge in [0, 0.05) is 12.7 Å². The highest BCUT2D eigenvalue weighted by Gasteiger charge is 2.12. The van der Waals surface area contributed by atoms with Gasteiger partial charge in [0.25, 0.3) is 0 Å². The lowest BCUT2D eigenvalue weighted by atomic mass is 10.2. The first-order valence-corrected chi connectivity index (χ1v) is 4.59. The van der Waals surface area contributed by atoms with Crippen LogP contribution < -0.4 is 0 Å². The van der Waals surface area contributed by atoms with Gasteiger partial charge in [0.2, 0.25) is 0 Å². The average molecular weight is 196 g/mol. The fourth-order valence-corrected chi connectivity index (χ4v) is 1.21. The predicted molar refractivity (Wildman–Crippen MR) is 53.7 cm³/mol. The molecule has 0 aliphatic carbocycles. The summed E-state index contributed by atoms with van der Waals surface area (Å²) in [5.74, 6) is 0. The van der Waals surface area contributed by atoms with Gasteiger partial charge in [-0.05, 0) is 19.2 Å². The molecule has 14 heavy (non-hydrogen) atoms. The lowest BCUT2D eigenvalue weighted by Crippen LogP contribution is -2.37. The van der Waals surface area contributed by atoms with Gasteiger partial charge in [-0.25, -0.2) is 0 Å². The summed E-state index contributed by atoms with van der Waals surface area (Å²) >= 11 is 0. The molecule has 1 heterocycles. The molecule has 2 N–H and O–H groups in total. The van der Waals surface area contributed by atoms with Crippen molar-refractivity contribution in [3.8, 4) is 0 Å². The Morgan fingerprint density at radius 3 is 2.57 bits per heavy atom. The molecule has 0 saturated heterocycles. The number of aliphatic hydroxyl groups excluding tert-OH is 2. The predicted octanol–water partition coefficient (Wildman–Crippen LogP) is -0.133. The van der Waals surface area contributed by atoms with Crippen LogP contribution in [0.3, 0.4) is 0 Å². The molecular weight excluding hydrogens is 180 g/mol. The van der Waals surface area contributed by atoms with Gasteiger partial charge in [-0.2, -0.15) is 0 Å². The van der Waals surface area contributed by atoms with E-state index in [-0.39, 0.29) is 19.3 Å². The van der Waals surface area contributed by atoms with Crippen LogP contribution in [0.1, 0.15) is 5.69 Å². The Morgan fingerprint density at radius 2 is 2.07 bits per heavy atom. The van der Waals surface area contributed by atoms with Crippen LogP contribution in [0.4, 0.5) is 0 Å². The van der Waals surface area contributed by atoms with E-state index in [2.05, 4.69) is 4.98 Å². The van der Waals surface area contributed by atoms with E-state index >= 15 is 0 Å². The fourth-order valence-electron chi connectivity index (χ4n) is 1.21. The van der Waals surface area contributed by atoms with Gasteiger partial charge in [0.1, 0.15) is 0 Å². The second-order valence-electron chi connectivity index (χ2n) is 3.26. The second-order valence-corrected chi connectivity index (χ2v) is 3.26. The van der Waals surface area contributed by atoms with Crippen molar-refractivity contribution >= 4 is 0 Å². The van der Waals surface area contributed by atoms with Crippen LogP contribution in [0.25, 0.3) is 0 Å². The van der Waals surface area contributed by atoms with Crippen LogP contribution >= 0.6 is 0 Å². The normalized spacial score (nSPS) is 11.2. The van der Waals surface area contributed by atoms with Crippen LogP contribution in [0.15, 0.2) is 24.4 Å². The van der Waals surface area contributed by atoms with E-state index in [1.807, 2.05) is 30.1 Å². The molecule has 0 amide bonds. The minimum atomic E-state index is -0.211. The molecule has 0 unspecified atom stereocenters. The molecule has 0 atom stereocenters. The number of aromatic nitrogens is 1. The van der Waals surface area contributed by atoms with Crippen molar-refractivity contribution in [3.05, 3.63) is 30.1 Å². The van der Waals surface area contributed by atoms with Crippen LogP contribution in [0, 0.1) is 0 Å². The quantitative estimate of drug-likeness (QED) is 0.688. The van der Waals surface area contributed by atoms with Crippen LogP contribution in [0.5, 0.6) is 0 Å². The summed E-state index contributed by atoms with van der Waals surface area (Å²) in [5.41, 5.74) is 0.932. The fraction of sp³-hybridized carbons (Fsp3) is 0.500. The monoisotopic (exact) mass is 196 g/mol. The highest BCUT2D eigenvalue weighted by Crippen LogP contribution is 2.02. The summed E-state index contributed by atoms with van der Waals surface area (Å²) in [7, 11) is 1.85. The second kappa shape index (κ2) is 5.70. The van der Waals surface area contributed by atoms with E-state index in [1.54, 1.807) is 6.20 Å². The van der Waals surface area contributed by atoms with Gasteiger partial charge in [0.05, 0.1) is 24.9 Å². The highest BCUT2D eigenvalue weighted by atomic mass is 16.3. The molecule has 0 saturated carbocycles. The Bertz CT molecular complexity index is 250. The third-order valence-electron chi connectivity index (χ3n) is 2.18. The molecule has 1 rings (SSSR count). The maximum Gasteiger partial charge on any atom is 0.0609 e. The number of nitrogens with zero attached hydrogens (tertiary/aromatic N) is 2. The zero-order valence-corrected chi connectivity index (χ0v) is 8.30. The molecule has 78 valence electrons. The Balaban J connectivity index is 2.52. The molecule has 0 radical (unpaired) electrons. The van der Waals surface area contributed by atoms with Crippen LogP contribution in [-0.4, -0.2) is 46.4 Å². The summed E-state index contributed by atoms with van der Waals surface area (Å²) in [6, 6.07) is 5.49. The molecule has 0 bridgehead atoms. The summed E-state index contributed by atoms with van der Waals surface area (Å²) in [6.45, 7) is 0.548. The van der Waals surface area contributed by atoms with E-state index in [0.717, 1.165) is 5.69 Å². The van der Waals surface area contributed by atoms with Crippen molar-refractivity contribution < 1.29 is 10.2 Å². The first-order valence-electron chi connectivity index (χ1n) is 4.59. The Labute approximate surface area is 83.8 Å². The molecule has 4 nitrogen and oxygen atoms in total. The number of pyridine rings is 1. The van der Waals surface area contributed by atoms with Crippen molar-refractivity contribution in [2.75, 3.05) is 20.3 Å². The van der Waals surface area contributed by atoms with E-state index in [4.69, 9.17) is 10.2 Å². The van der Waals surface area contributed by atoms with Gasteiger partial charge in [0.15, 0.2) is 0 Å². The highest BCUT2D eigenvalue weighted by molar-refractivity contribution is 5.03. The maximum absolute atomic E-state index is 8.95. The summed E-state index contributed by atoms with van der Waals surface area (Å²) in [6.07, 6.45) is 1.73. The number of aliphatic hydroxyl groups is 2. The van der Waals surface area contributed by atoms with Gasteiger partial charge in [-0.15, -0.1) is 0 Å². The van der Waals surface area contributed by atoms with Gasteiger partial charge < -0.3 is 10.2 Å². The van der Waals surface area contributed by atoms with Crippen molar-refractivity contribution in [3.63, 3.8) is 0 Å². The van der Waals surface area contributed by atoms with E-state index in [1.165, 1.54) is 0 Å². The molecule has 0 aromatic carbocycles. The van der Waals surface area contributed by atoms with E-state index in [0.29, 0.717) is 6.54 Å². The Kier molecular flexibility index (Phi) is 4.52. The lowest BCUT2D eigenvalue weighted by Gasteiger charge is -2.23. The smallest absolute Gasteiger partial charge is 0.0609 e. The minimum absolute atomic E-state index is 0.0418. The first kappa shape index (κ1) is 11.1. The summed E-state index contributed by atoms with van der Waals surface area (Å²) < 4.78 is 0. The van der Waals surface area contributed by atoms with Gasteiger partial charge in [-0.3, -0.25) is 9.88 Å². The maximum atomic E-state index is 8.95. The molecule has 1 aromatic heterocycles. The lowest BCUT2D eigenvalue weighted by molar-refractivity contribution is 0.0866. The molecule has 0 aliphatic heterocycles. The molecule has 0 spiro atoms. The number of likely N-dealkylation sites (N-methyl/N-ethyl adjacent to an activating group) is 1. The molecule has 0 aliphatic rings. The Morgan fingerprint density at radius 1 is 1.36 bits per heavy atom. The first-order chi connectivity index (χ1) is 6.77. The number of hydrogen-bond acceptors (Lipinski definition) is 4. The SMILES string of the molecule is CN(Cc1ccccn1)C(CO)CO. The van der Waals surface area contributed by atoms with Crippen molar-refractivity contribution in [2.45, 2.75) is 12.6 Å².